The van der Waals surface area contributed by atoms with E-state index in [2.05, 4.69) is 15.6 Å². The van der Waals surface area contributed by atoms with Crippen LogP contribution in [0.5, 0.6) is 5.75 Å². The van der Waals surface area contributed by atoms with Gasteiger partial charge in [-0.2, -0.15) is 0 Å². The quantitative estimate of drug-likeness (QED) is 0.328. The van der Waals surface area contributed by atoms with Gasteiger partial charge in [-0.25, -0.2) is 4.79 Å². The Morgan fingerprint density at radius 3 is 2.55 bits per heavy atom. The standard InChI is InChI=1S/C20H20N4O5.2Na/c1-24-8-6-16(25)18(19(24)28)23-20(29)22-15(10-17(26)27)13-4-2-3-12(9-13)14-5-7-21-11-14;;/h2-9,11,15,21,25H,10H2,1H3,(H,26,27)(H2,22,23,29);;/q;2*+1/p-2/t15-;;/m0../s1. The van der Waals surface area contributed by atoms with Crippen LogP contribution in [-0.2, 0) is 11.8 Å². The van der Waals surface area contributed by atoms with E-state index in [1.807, 2.05) is 12.1 Å². The van der Waals surface area contributed by atoms with Gasteiger partial charge in [0.05, 0.1) is 6.04 Å². The Balaban J connectivity index is 0.00000240. The molecule has 0 bridgehead atoms. The molecule has 0 aliphatic heterocycles. The van der Waals surface area contributed by atoms with Crippen molar-refractivity contribution in [3.63, 3.8) is 0 Å². The molecule has 0 unspecified atom stereocenters. The molecule has 0 aliphatic carbocycles. The summed E-state index contributed by atoms with van der Waals surface area (Å²) in [5.41, 5.74) is 1.17. The summed E-state index contributed by atoms with van der Waals surface area (Å²) in [6.45, 7) is 0. The number of carboxylic acid groups (broad SMARTS) is 1. The topological polar surface area (TPSA) is 142 Å². The summed E-state index contributed by atoms with van der Waals surface area (Å²) in [7, 11) is 1.44. The Morgan fingerprint density at radius 1 is 1.16 bits per heavy atom. The molecule has 3 aromatic rings. The minimum absolute atomic E-state index is 0. The molecule has 1 atom stereocenters. The van der Waals surface area contributed by atoms with Gasteiger partial charge in [-0.05, 0) is 28.8 Å². The van der Waals surface area contributed by atoms with Gasteiger partial charge in [0.15, 0.2) is 0 Å². The van der Waals surface area contributed by atoms with E-state index in [-0.39, 0.29) is 59.1 Å². The van der Waals surface area contributed by atoms with Gasteiger partial charge in [0, 0.05) is 38.0 Å². The number of hydrogen-bond donors (Lipinski definition) is 3. The van der Waals surface area contributed by atoms with Gasteiger partial charge in [0.2, 0.25) is 0 Å². The maximum atomic E-state index is 12.4. The number of hydrogen-bond acceptors (Lipinski definition) is 5. The summed E-state index contributed by atoms with van der Waals surface area (Å²) in [6, 6.07) is 8.21. The number of urea groups is 1. The fourth-order valence-corrected chi connectivity index (χ4v) is 2.89. The first-order valence-electron chi connectivity index (χ1n) is 8.72. The number of nitrogens with zero attached hydrogens (tertiary/aromatic N) is 1. The van der Waals surface area contributed by atoms with Crippen LogP contribution in [0.2, 0.25) is 0 Å². The second-order valence-corrected chi connectivity index (χ2v) is 6.42. The van der Waals surface area contributed by atoms with Crippen LogP contribution in [0.3, 0.4) is 0 Å². The third-order valence-electron chi connectivity index (χ3n) is 4.37. The molecule has 1 aromatic carbocycles. The normalized spacial score (nSPS) is 10.9. The fraction of sp³-hybridized carbons (Fsp3) is 0.150. The summed E-state index contributed by atoms with van der Waals surface area (Å²) in [5.74, 6) is -2.00. The molecule has 2 aromatic heterocycles. The number of carbonyl (C=O) groups is 2. The number of nitrogens with one attached hydrogen (secondary N) is 3. The Morgan fingerprint density at radius 2 is 1.90 bits per heavy atom. The molecule has 0 radical (unpaired) electrons. The molecule has 0 saturated heterocycles. The van der Waals surface area contributed by atoms with Crippen LogP contribution in [0.1, 0.15) is 18.0 Å². The van der Waals surface area contributed by atoms with Crippen molar-refractivity contribution in [3.8, 4) is 16.9 Å². The smallest absolute Gasteiger partial charge is 0.871 e. The van der Waals surface area contributed by atoms with Crippen molar-refractivity contribution in [2.24, 2.45) is 7.05 Å². The number of amides is 2. The number of aromatic amines is 1. The van der Waals surface area contributed by atoms with Gasteiger partial charge in [0.1, 0.15) is 5.69 Å². The molecule has 2 amide bonds. The minimum atomic E-state index is -1.36. The third-order valence-corrected chi connectivity index (χ3v) is 4.37. The van der Waals surface area contributed by atoms with Crippen molar-refractivity contribution >= 4 is 17.7 Å². The Labute approximate surface area is 222 Å². The van der Waals surface area contributed by atoms with E-state index < -0.39 is 41.5 Å². The van der Waals surface area contributed by atoms with Gasteiger partial charge >= 0.3 is 65.1 Å². The zero-order valence-electron chi connectivity index (χ0n) is 17.5. The number of rotatable bonds is 6. The molecular formula is C20H18N4Na2O5. The molecule has 3 rings (SSSR count). The second kappa shape index (κ2) is 12.1. The van der Waals surface area contributed by atoms with E-state index in [1.165, 1.54) is 13.2 Å². The van der Waals surface area contributed by atoms with E-state index in [0.717, 1.165) is 21.8 Å². The molecule has 3 N–H and O–H groups in total. The van der Waals surface area contributed by atoms with E-state index in [0.29, 0.717) is 5.56 Å². The maximum absolute atomic E-state index is 12.4. The zero-order valence-corrected chi connectivity index (χ0v) is 21.5. The van der Waals surface area contributed by atoms with Crippen LogP contribution in [0.4, 0.5) is 10.5 Å². The van der Waals surface area contributed by atoms with Crippen molar-refractivity contribution in [3.05, 3.63) is 70.9 Å². The number of anilines is 1. The monoisotopic (exact) mass is 440 g/mol. The summed E-state index contributed by atoms with van der Waals surface area (Å²) in [6.07, 6.45) is 4.35. The first kappa shape index (κ1) is 27.0. The Bertz CT molecular complexity index is 1100. The largest absolute Gasteiger partial charge is 1.00 e. The minimum Gasteiger partial charge on any atom is -0.871 e. The Kier molecular flexibility index (Phi) is 10.6. The van der Waals surface area contributed by atoms with E-state index in [9.17, 15) is 24.6 Å². The fourth-order valence-electron chi connectivity index (χ4n) is 2.89. The van der Waals surface area contributed by atoms with Crippen molar-refractivity contribution < 1.29 is 78.9 Å². The number of carbonyl (C=O) groups excluding carboxylic acids is 2. The van der Waals surface area contributed by atoms with Gasteiger partial charge in [0.25, 0.3) is 5.56 Å². The van der Waals surface area contributed by atoms with Crippen molar-refractivity contribution in [1.29, 1.82) is 0 Å². The predicted molar refractivity (Wildman–Crippen MR) is 102 cm³/mol. The average Bonchev–Trinajstić information content (AvgIpc) is 3.22. The summed E-state index contributed by atoms with van der Waals surface area (Å²) in [5, 5.41) is 27.8. The predicted octanol–water partition coefficient (Wildman–Crippen LogP) is -5.54. The van der Waals surface area contributed by atoms with Crippen molar-refractivity contribution in [2.45, 2.75) is 12.5 Å². The molecular weight excluding hydrogens is 422 g/mol. The van der Waals surface area contributed by atoms with Gasteiger partial charge in [-0.3, -0.25) is 4.79 Å². The number of carboxylic acids is 1. The first-order valence-corrected chi connectivity index (χ1v) is 8.72. The molecule has 0 fully saturated rings. The average molecular weight is 440 g/mol. The molecule has 31 heavy (non-hydrogen) atoms. The number of aliphatic carboxylic acids is 1. The molecule has 2 heterocycles. The summed E-state index contributed by atoms with van der Waals surface area (Å²) in [4.78, 5) is 38.6. The number of aryl methyl sites for hydroxylation is 1. The molecule has 0 saturated carbocycles. The van der Waals surface area contributed by atoms with Crippen LogP contribution in [-0.4, -0.2) is 21.6 Å². The van der Waals surface area contributed by atoms with Crippen LogP contribution < -0.4 is 85.5 Å². The molecule has 9 nitrogen and oxygen atoms in total. The van der Waals surface area contributed by atoms with Crippen LogP contribution in [0, 0.1) is 0 Å². The Hall–Kier alpha value is -2.01. The van der Waals surface area contributed by atoms with E-state index in [4.69, 9.17) is 0 Å². The van der Waals surface area contributed by atoms with Crippen molar-refractivity contribution in [1.82, 2.24) is 14.9 Å². The maximum Gasteiger partial charge on any atom is 1.00 e. The van der Waals surface area contributed by atoms with Gasteiger partial charge in [-0.15, -0.1) is 0 Å². The molecule has 150 valence electrons. The van der Waals surface area contributed by atoms with Crippen LogP contribution in [0.25, 0.3) is 11.1 Å². The van der Waals surface area contributed by atoms with Crippen molar-refractivity contribution in [2.75, 3.05) is 5.32 Å². The SMILES string of the molecule is Cn1ccc([O-])c(NC(=O)N[C@@H](CC(=O)[O-])c2cccc(-c3cc[nH]c3)c2)c1=O.[Na+].[Na+]. The van der Waals surface area contributed by atoms with E-state index >= 15 is 0 Å². The van der Waals surface area contributed by atoms with E-state index in [1.54, 1.807) is 30.6 Å². The molecule has 11 heteroatoms. The summed E-state index contributed by atoms with van der Waals surface area (Å²) >= 11 is 0. The van der Waals surface area contributed by atoms with Gasteiger partial charge in [-0.1, -0.05) is 30.0 Å². The number of benzene rings is 1. The summed E-state index contributed by atoms with van der Waals surface area (Å²) < 4.78 is 1.15. The third kappa shape index (κ3) is 6.99. The molecule has 0 aliphatic rings. The molecule has 0 spiro atoms. The number of H-pyrrole nitrogens is 1. The first-order chi connectivity index (χ1) is 13.8. The number of aromatic nitrogens is 2. The second-order valence-electron chi connectivity index (χ2n) is 6.42. The zero-order chi connectivity index (χ0) is 21.0. The van der Waals surface area contributed by atoms with Crippen LogP contribution >= 0.6 is 0 Å². The van der Waals surface area contributed by atoms with Crippen LogP contribution in [0.15, 0.2) is 59.8 Å². The van der Waals surface area contributed by atoms with Gasteiger partial charge < -0.3 is 35.2 Å². The number of pyridine rings is 1.